The Kier molecular flexibility index (Phi) is 6.85. The maximum absolute atomic E-state index is 14.1. The summed E-state index contributed by atoms with van der Waals surface area (Å²) >= 11 is 0. The summed E-state index contributed by atoms with van der Waals surface area (Å²) in [5, 5.41) is 8.31. The number of anilines is 1. The number of benzene rings is 2. The predicted molar refractivity (Wildman–Crippen MR) is 150 cm³/mol. The summed E-state index contributed by atoms with van der Waals surface area (Å²) in [6.07, 6.45) is 3.49. The van der Waals surface area contributed by atoms with E-state index in [4.69, 9.17) is 10.5 Å². The molecule has 0 fully saturated rings. The largest absolute Gasteiger partial charge is 0.481 e. The molecule has 3 aromatic heterocycles. The molecule has 0 aliphatic heterocycles. The van der Waals surface area contributed by atoms with E-state index in [1.807, 2.05) is 74.8 Å². The van der Waals surface area contributed by atoms with Crippen LogP contribution in [0.1, 0.15) is 40.1 Å². The summed E-state index contributed by atoms with van der Waals surface area (Å²) in [4.78, 5) is 31.3. The van der Waals surface area contributed by atoms with Crippen LogP contribution in [-0.2, 0) is 7.05 Å². The molecule has 0 unspecified atom stereocenters. The lowest BCUT2D eigenvalue weighted by Gasteiger charge is -2.21. The Morgan fingerprint density at radius 2 is 1.87 bits per heavy atom. The van der Waals surface area contributed by atoms with Gasteiger partial charge in [0.15, 0.2) is 0 Å². The van der Waals surface area contributed by atoms with Gasteiger partial charge in [-0.15, -0.1) is 0 Å². The number of methoxy groups -OCH3 is 1. The number of para-hydroxylation sites is 1. The number of hydrogen-bond donors (Lipinski definition) is 2. The Morgan fingerprint density at radius 1 is 1.08 bits per heavy atom. The molecule has 5 aromatic rings. The van der Waals surface area contributed by atoms with E-state index in [0.29, 0.717) is 33.6 Å². The lowest BCUT2D eigenvalue weighted by atomic mass is 10.0. The molecule has 9 nitrogen and oxygen atoms in total. The lowest BCUT2D eigenvalue weighted by Crippen LogP contribution is -2.32. The average Bonchev–Trinajstić information content (AvgIpc) is 3.36. The van der Waals surface area contributed by atoms with Crippen LogP contribution in [0.25, 0.3) is 16.5 Å². The minimum absolute atomic E-state index is 0.0508. The van der Waals surface area contributed by atoms with Gasteiger partial charge in [-0.1, -0.05) is 42.2 Å². The lowest BCUT2D eigenvalue weighted by molar-refractivity contribution is 0.0939. The Balaban J connectivity index is 1.62. The summed E-state index contributed by atoms with van der Waals surface area (Å²) in [6, 6.07) is 19.3. The van der Waals surface area contributed by atoms with Crippen LogP contribution >= 0.6 is 0 Å². The number of pyridine rings is 2. The first kappa shape index (κ1) is 25.3. The minimum atomic E-state index is -0.554. The van der Waals surface area contributed by atoms with Crippen molar-refractivity contribution in [2.45, 2.75) is 13.0 Å². The molecule has 1 atom stereocenters. The zero-order chi connectivity index (χ0) is 27.5. The predicted octanol–water partition coefficient (Wildman–Crippen LogP) is 3.60. The van der Waals surface area contributed by atoms with E-state index >= 15 is 0 Å². The summed E-state index contributed by atoms with van der Waals surface area (Å²) in [5.74, 6) is 6.17. The summed E-state index contributed by atoms with van der Waals surface area (Å²) < 4.78 is 8.36. The number of nitrogens with one attached hydrogen (secondary N) is 1. The van der Waals surface area contributed by atoms with Gasteiger partial charge in [0.1, 0.15) is 5.82 Å². The average molecular weight is 519 g/mol. The van der Waals surface area contributed by atoms with Crippen molar-refractivity contribution in [2.75, 3.05) is 12.8 Å². The van der Waals surface area contributed by atoms with Gasteiger partial charge in [0.2, 0.25) is 5.88 Å². The van der Waals surface area contributed by atoms with Gasteiger partial charge in [-0.3, -0.25) is 18.8 Å². The first-order valence-corrected chi connectivity index (χ1v) is 12.2. The first-order chi connectivity index (χ1) is 18.9. The van der Waals surface area contributed by atoms with E-state index in [2.05, 4.69) is 27.2 Å². The molecule has 1 amide bonds. The highest BCUT2D eigenvalue weighted by atomic mass is 16.5. The SMILES string of the molecule is COc1ccc(C(=O)N[C@@H](C)c2cc3cccc(C#Cc4cnn(C)c4)c3c(=O)n2-c2ccccc2)c(N)n1. The first-order valence-electron chi connectivity index (χ1n) is 12.2. The third-order valence-electron chi connectivity index (χ3n) is 6.28. The summed E-state index contributed by atoms with van der Waals surface area (Å²) in [5.41, 5.74) is 8.59. The van der Waals surface area contributed by atoms with Crippen LogP contribution in [0.15, 0.2) is 83.9 Å². The van der Waals surface area contributed by atoms with Crippen LogP contribution in [0.2, 0.25) is 0 Å². The third-order valence-corrected chi connectivity index (χ3v) is 6.28. The quantitative estimate of drug-likeness (QED) is 0.344. The van der Waals surface area contributed by atoms with Crippen LogP contribution in [0, 0.1) is 11.8 Å². The molecule has 9 heteroatoms. The van der Waals surface area contributed by atoms with Crippen molar-refractivity contribution in [2.24, 2.45) is 7.05 Å². The van der Waals surface area contributed by atoms with Crippen molar-refractivity contribution in [3.63, 3.8) is 0 Å². The zero-order valence-corrected chi connectivity index (χ0v) is 21.7. The van der Waals surface area contributed by atoms with Gasteiger partial charge in [0.25, 0.3) is 11.5 Å². The van der Waals surface area contributed by atoms with Crippen molar-refractivity contribution >= 4 is 22.5 Å². The highest BCUT2D eigenvalue weighted by Crippen LogP contribution is 2.24. The molecule has 2 aromatic carbocycles. The van der Waals surface area contributed by atoms with E-state index in [0.717, 1.165) is 5.56 Å². The molecule has 0 radical (unpaired) electrons. The van der Waals surface area contributed by atoms with Crippen molar-refractivity contribution in [1.82, 2.24) is 24.6 Å². The maximum atomic E-state index is 14.1. The molecule has 194 valence electrons. The Hall–Kier alpha value is -5.36. The highest BCUT2D eigenvalue weighted by molar-refractivity contribution is 5.98. The van der Waals surface area contributed by atoms with Crippen LogP contribution in [-0.4, -0.2) is 32.3 Å². The molecule has 0 aliphatic rings. The van der Waals surface area contributed by atoms with Gasteiger partial charge in [0.05, 0.1) is 35.9 Å². The van der Waals surface area contributed by atoms with Crippen LogP contribution in [0.3, 0.4) is 0 Å². The summed E-state index contributed by atoms with van der Waals surface area (Å²) in [7, 11) is 3.30. The standard InChI is InChI=1S/C30H26N6O3/c1-19(33-29(37)24-14-15-26(39-3)34-28(24)31)25-16-22-9-7-8-21(13-12-20-17-32-35(2)18-20)27(22)30(38)36(25)23-10-5-4-6-11-23/h4-11,14-19H,1-3H3,(H2,31,34)(H,33,37)/t19-/m0/s1. The number of nitrogens with two attached hydrogens (primary N) is 1. The van der Waals surface area contributed by atoms with Crippen molar-refractivity contribution in [1.29, 1.82) is 0 Å². The van der Waals surface area contributed by atoms with E-state index in [1.165, 1.54) is 7.11 Å². The molecule has 0 aliphatic carbocycles. The van der Waals surface area contributed by atoms with Gasteiger partial charge in [0, 0.05) is 36.3 Å². The Labute approximate surface area is 224 Å². The number of fused-ring (bicyclic) bond motifs is 1. The maximum Gasteiger partial charge on any atom is 0.264 e. The van der Waals surface area contributed by atoms with E-state index in [9.17, 15) is 9.59 Å². The van der Waals surface area contributed by atoms with Gasteiger partial charge in [-0.25, -0.2) is 0 Å². The number of carbonyl (C=O) groups excluding carboxylic acids is 1. The summed E-state index contributed by atoms with van der Waals surface area (Å²) in [6.45, 7) is 1.82. The van der Waals surface area contributed by atoms with Crippen LogP contribution in [0.4, 0.5) is 5.82 Å². The second-order valence-corrected chi connectivity index (χ2v) is 8.95. The molecule has 3 N–H and O–H groups in total. The number of carbonyl (C=O) groups is 1. The van der Waals surface area contributed by atoms with E-state index < -0.39 is 11.9 Å². The molecular formula is C30H26N6O3. The van der Waals surface area contributed by atoms with E-state index in [1.54, 1.807) is 27.6 Å². The van der Waals surface area contributed by atoms with E-state index in [-0.39, 0.29) is 16.9 Å². The van der Waals surface area contributed by atoms with Gasteiger partial charge in [-0.2, -0.15) is 10.1 Å². The monoisotopic (exact) mass is 518 g/mol. The minimum Gasteiger partial charge on any atom is -0.481 e. The number of nitrogen functional groups attached to an aromatic ring is 1. The molecule has 0 bridgehead atoms. The molecule has 0 saturated carbocycles. The topological polar surface area (TPSA) is 117 Å². The Bertz CT molecular complexity index is 1810. The fourth-order valence-electron chi connectivity index (χ4n) is 4.38. The normalized spacial score (nSPS) is 11.5. The van der Waals surface area contributed by atoms with Crippen LogP contribution in [0.5, 0.6) is 5.88 Å². The number of aromatic nitrogens is 4. The molecular weight excluding hydrogens is 492 g/mol. The second-order valence-electron chi connectivity index (χ2n) is 8.95. The van der Waals surface area contributed by atoms with Crippen molar-refractivity contribution < 1.29 is 9.53 Å². The molecule has 0 saturated heterocycles. The highest BCUT2D eigenvalue weighted by Gasteiger charge is 2.21. The number of hydrogen-bond acceptors (Lipinski definition) is 6. The molecule has 5 rings (SSSR count). The third kappa shape index (κ3) is 5.08. The molecule has 39 heavy (non-hydrogen) atoms. The number of nitrogens with zero attached hydrogens (tertiary/aromatic N) is 4. The molecule has 3 heterocycles. The second kappa shape index (κ2) is 10.6. The fourth-order valence-corrected chi connectivity index (χ4v) is 4.38. The van der Waals surface area contributed by atoms with Gasteiger partial charge >= 0.3 is 0 Å². The van der Waals surface area contributed by atoms with Gasteiger partial charge in [-0.05, 0) is 42.6 Å². The zero-order valence-electron chi connectivity index (χ0n) is 21.7. The Morgan fingerprint density at radius 3 is 2.56 bits per heavy atom. The van der Waals surface area contributed by atoms with Crippen molar-refractivity contribution in [3.8, 4) is 23.4 Å². The number of amides is 1. The number of rotatable bonds is 5. The van der Waals surface area contributed by atoms with Crippen LogP contribution < -0.4 is 21.3 Å². The fraction of sp³-hybridized carbons (Fsp3) is 0.133. The number of aryl methyl sites for hydroxylation is 1. The smallest absolute Gasteiger partial charge is 0.264 e. The molecule has 0 spiro atoms. The van der Waals surface area contributed by atoms with Gasteiger partial charge < -0.3 is 15.8 Å². The van der Waals surface area contributed by atoms with Crippen molar-refractivity contribution in [3.05, 3.63) is 112 Å². The number of ether oxygens (including phenoxy) is 1.